The third-order valence-corrected chi connectivity index (χ3v) is 5.13. The summed E-state index contributed by atoms with van der Waals surface area (Å²) in [6.07, 6.45) is 8.03. The summed E-state index contributed by atoms with van der Waals surface area (Å²) < 4.78 is 0. The molecule has 0 aromatic heterocycles. The summed E-state index contributed by atoms with van der Waals surface area (Å²) in [6, 6.07) is 1.37. The van der Waals surface area contributed by atoms with Crippen LogP contribution in [-0.4, -0.2) is 23.2 Å². The minimum absolute atomic E-state index is 0.248. The van der Waals surface area contributed by atoms with Crippen LogP contribution in [0.15, 0.2) is 0 Å². The number of hydrogen-bond donors (Lipinski definition) is 2. The van der Waals surface area contributed by atoms with Gasteiger partial charge in [-0.05, 0) is 58.8 Å². The van der Waals surface area contributed by atoms with E-state index in [2.05, 4.69) is 52.2 Å². The largest absolute Gasteiger partial charge is 0.311 e. The maximum Gasteiger partial charge on any atom is 0.0144 e. The van der Waals surface area contributed by atoms with Crippen molar-refractivity contribution in [3.8, 4) is 0 Å². The van der Waals surface area contributed by atoms with Crippen molar-refractivity contribution < 1.29 is 0 Å². The van der Waals surface area contributed by atoms with Crippen molar-refractivity contribution in [3.05, 3.63) is 0 Å². The van der Waals surface area contributed by atoms with Crippen LogP contribution in [0.25, 0.3) is 0 Å². The summed E-state index contributed by atoms with van der Waals surface area (Å²) >= 11 is 0. The lowest BCUT2D eigenvalue weighted by Crippen LogP contribution is -2.63. The Morgan fingerprint density at radius 1 is 0.895 bits per heavy atom. The van der Waals surface area contributed by atoms with Crippen LogP contribution in [0, 0.1) is 5.41 Å². The molecule has 2 rings (SSSR count). The van der Waals surface area contributed by atoms with Crippen molar-refractivity contribution in [1.29, 1.82) is 0 Å². The van der Waals surface area contributed by atoms with Crippen LogP contribution < -0.4 is 10.6 Å². The molecule has 2 N–H and O–H groups in total. The maximum absolute atomic E-state index is 4.02. The van der Waals surface area contributed by atoms with Gasteiger partial charge in [-0.1, -0.05) is 26.7 Å². The second-order valence-electron chi connectivity index (χ2n) is 8.95. The van der Waals surface area contributed by atoms with Gasteiger partial charge >= 0.3 is 0 Å². The first kappa shape index (κ1) is 15.3. The van der Waals surface area contributed by atoms with Gasteiger partial charge in [0.2, 0.25) is 0 Å². The van der Waals surface area contributed by atoms with E-state index >= 15 is 0 Å². The standard InChI is InChI=1S/C17H34N2/c1-15(2)10-8-7-9-14(15)18-13-11-16(3,4)19-17(5,6)12-13/h13-14,18-19H,7-12H2,1-6H3. The molecular formula is C17H34N2. The number of piperidine rings is 1. The summed E-state index contributed by atoms with van der Waals surface area (Å²) in [6.45, 7) is 14.3. The van der Waals surface area contributed by atoms with Gasteiger partial charge in [0.1, 0.15) is 0 Å². The lowest BCUT2D eigenvalue weighted by atomic mass is 9.72. The maximum atomic E-state index is 4.02. The van der Waals surface area contributed by atoms with Crippen molar-refractivity contribution in [3.63, 3.8) is 0 Å². The Balaban J connectivity index is 2.02. The van der Waals surface area contributed by atoms with E-state index in [1.807, 2.05) is 0 Å². The fraction of sp³-hybridized carbons (Fsp3) is 1.00. The molecule has 0 radical (unpaired) electrons. The van der Waals surface area contributed by atoms with Gasteiger partial charge in [-0.2, -0.15) is 0 Å². The molecule has 0 aromatic carbocycles. The second-order valence-corrected chi connectivity index (χ2v) is 8.95. The summed E-state index contributed by atoms with van der Waals surface area (Å²) in [5.74, 6) is 0. The van der Waals surface area contributed by atoms with Gasteiger partial charge in [-0.25, -0.2) is 0 Å². The van der Waals surface area contributed by atoms with Crippen molar-refractivity contribution >= 4 is 0 Å². The molecular weight excluding hydrogens is 232 g/mol. The predicted octanol–water partition coefficient (Wildman–Crippen LogP) is 3.85. The molecule has 112 valence electrons. The molecule has 2 aliphatic rings. The van der Waals surface area contributed by atoms with Crippen molar-refractivity contribution in [1.82, 2.24) is 10.6 Å². The molecule has 0 bridgehead atoms. The topological polar surface area (TPSA) is 24.1 Å². The van der Waals surface area contributed by atoms with Gasteiger partial charge in [0.25, 0.3) is 0 Å². The summed E-state index contributed by atoms with van der Waals surface area (Å²) in [7, 11) is 0. The SMILES string of the molecule is CC1(C)CC(NC2CCCCC2(C)C)CC(C)(C)N1. The van der Waals surface area contributed by atoms with E-state index in [9.17, 15) is 0 Å². The van der Waals surface area contributed by atoms with E-state index in [-0.39, 0.29) is 11.1 Å². The predicted molar refractivity (Wildman–Crippen MR) is 83.5 cm³/mol. The molecule has 0 spiro atoms. The summed E-state index contributed by atoms with van der Waals surface area (Å²) in [4.78, 5) is 0. The smallest absolute Gasteiger partial charge is 0.0144 e. The van der Waals surface area contributed by atoms with Crippen LogP contribution in [0.4, 0.5) is 0 Å². The highest BCUT2D eigenvalue weighted by Crippen LogP contribution is 2.37. The molecule has 1 aliphatic carbocycles. The molecule has 2 fully saturated rings. The Hall–Kier alpha value is -0.0800. The van der Waals surface area contributed by atoms with Gasteiger partial charge in [-0.15, -0.1) is 0 Å². The van der Waals surface area contributed by atoms with Crippen LogP contribution >= 0.6 is 0 Å². The van der Waals surface area contributed by atoms with Crippen molar-refractivity contribution in [2.75, 3.05) is 0 Å². The minimum atomic E-state index is 0.248. The summed E-state index contributed by atoms with van der Waals surface area (Å²) in [5.41, 5.74) is 0.966. The average molecular weight is 266 g/mol. The van der Waals surface area contributed by atoms with Crippen LogP contribution in [0.3, 0.4) is 0 Å². The highest BCUT2D eigenvalue weighted by atomic mass is 15.1. The van der Waals surface area contributed by atoms with E-state index in [0.29, 0.717) is 17.5 Å². The molecule has 1 aliphatic heterocycles. The Morgan fingerprint density at radius 2 is 1.47 bits per heavy atom. The highest BCUT2D eigenvalue weighted by Gasteiger charge is 2.40. The number of nitrogens with one attached hydrogen (secondary N) is 2. The van der Waals surface area contributed by atoms with Crippen LogP contribution in [-0.2, 0) is 0 Å². The molecule has 2 nitrogen and oxygen atoms in total. The third-order valence-electron chi connectivity index (χ3n) is 5.13. The first-order chi connectivity index (χ1) is 8.60. The highest BCUT2D eigenvalue weighted by molar-refractivity contribution is 5.01. The van der Waals surface area contributed by atoms with Gasteiger partial charge < -0.3 is 10.6 Å². The molecule has 1 heterocycles. The average Bonchev–Trinajstić information content (AvgIpc) is 2.16. The zero-order valence-corrected chi connectivity index (χ0v) is 13.9. The fourth-order valence-corrected chi connectivity index (χ4v) is 4.53. The monoisotopic (exact) mass is 266 g/mol. The lowest BCUT2D eigenvalue weighted by Gasteiger charge is -2.49. The molecule has 1 saturated heterocycles. The van der Waals surface area contributed by atoms with Crippen molar-refractivity contribution in [2.24, 2.45) is 5.41 Å². The first-order valence-corrected chi connectivity index (χ1v) is 8.15. The van der Waals surface area contributed by atoms with E-state index < -0.39 is 0 Å². The molecule has 1 saturated carbocycles. The van der Waals surface area contributed by atoms with Gasteiger partial charge in [-0.3, -0.25) is 0 Å². The zero-order valence-electron chi connectivity index (χ0n) is 13.9. The molecule has 1 atom stereocenters. The quantitative estimate of drug-likeness (QED) is 0.793. The Labute approximate surface area is 120 Å². The Kier molecular flexibility index (Phi) is 4.06. The van der Waals surface area contributed by atoms with E-state index in [0.717, 1.165) is 0 Å². The van der Waals surface area contributed by atoms with Crippen LogP contribution in [0.2, 0.25) is 0 Å². The molecule has 0 aromatic rings. The molecule has 2 heteroatoms. The van der Waals surface area contributed by atoms with E-state index in [1.54, 1.807) is 0 Å². The fourth-order valence-electron chi connectivity index (χ4n) is 4.53. The molecule has 1 unspecified atom stereocenters. The van der Waals surface area contributed by atoms with E-state index in [1.165, 1.54) is 38.5 Å². The van der Waals surface area contributed by atoms with Crippen molar-refractivity contribution in [2.45, 2.75) is 103 Å². The minimum Gasteiger partial charge on any atom is -0.311 e. The summed E-state index contributed by atoms with van der Waals surface area (Å²) in [5, 5.41) is 7.80. The number of rotatable bonds is 2. The molecule has 19 heavy (non-hydrogen) atoms. The second kappa shape index (κ2) is 5.04. The van der Waals surface area contributed by atoms with E-state index in [4.69, 9.17) is 0 Å². The number of hydrogen-bond acceptors (Lipinski definition) is 2. The Bertz CT molecular complexity index is 301. The van der Waals surface area contributed by atoms with Crippen LogP contribution in [0.5, 0.6) is 0 Å². The van der Waals surface area contributed by atoms with Gasteiger partial charge in [0.15, 0.2) is 0 Å². The Morgan fingerprint density at radius 3 is 2.00 bits per heavy atom. The first-order valence-electron chi connectivity index (χ1n) is 8.15. The van der Waals surface area contributed by atoms with Gasteiger partial charge in [0.05, 0.1) is 0 Å². The lowest BCUT2D eigenvalue weighted by molar-refractivity contribution is 0.0997. The normalized spacial score (nSPS) is 34.1. The molecule has 0 amide bonds. The van der Waals surface area contributed by atoms with Gasteiger partial charge in [0, 0.05) is 23.2 Å². The van der Waals surface area contributed by atoms with Crippen LogP contribution in [0.1, 0.15) is 80.1 Å². The zero-order chi connectivity index (χ0) is 14.3. The third kappa shape index (κ3) is 3.95.